The topological polar surface area (TPSA) is 127 Å². The zero-order valence-electron chi connectivity index (χ0n) is 12.0. The number of imide groups is 1. The first-order valence-corrected chi connectivity index (χ1v) is 6.94. The molecule has 0 aromatic heterocycles. The number of amides is 4. The lowest BCUT2D eigenvalue weighted by Crippen LogP contribution is -2.69. The number of nitrogens with zero attached hydrogens (tertiary/aromatic N) is 1. The van der Waals surface area contributed by atoms with E-state index in [0.29, 0.717) is 17.4 Å². The molecule has 3 rings (SSSR count). The lowest BCUT2D eigenvalue weighted by atomic mass is 9.86. The third kappa shape index (κ3) is 2.02. The van der Waals surface area contributed by atoms with Gasteiger partial charge in [-0.3, -0.25) is 29.3 Å². The second kappa shape index (κ2) is 5.01. The molecule has 2 aliphatic rings. The van der Waals surface area contributed by atoms with Gasteiger partial charge in [0.25, 0.3) is 17.7 Å². The van der Waals surface area contributed by atoms with Crippen LogP contribution in [0.5, 0.6) is 0 Å². The van der Waals surface area contributed by atoms with Crippen molar-refractivity contribution < 1.29 is 24.0 Å². The van der Waals surface area contributed by atoms with Crippen molar-refractivity contribution in [1.29, 1.82) is 0 Å². The summed E-state index contributed by atoms with van der Waals surface area (Å²) in [6.07, 6.45) is 0.355. The van der Waals surface area contributed by atoms with Crippen LogP contribution >= 0.6 is 0 Å². The largest absolute Gasteiger partial charge is 0.367 e. The maximum atomic E-state index is 12.6. The lowest BCUT2D eigenvalue weighted by Gasteiger charge is -2.39. The highest BCUT2D eigenvalue weighted by Crippen LogP contribution is 2.34. The number of fused-ring (bicyclic) bond motifs is 1. The number of carbonyl (C=O) groups excluding carboxylic acids is 5. The van der Waals surface area contributed by atoms with E-state index in [2.05, 4.69) is 5.32 Å². The van der Waals surface area contributed by atoms with Gasteiger partial charge >= 0.3 is 0 Å². The Hall–Kier alpha value is -3.03. The Morgan fingerprint density at radius 3 is 2.65 bits per heavy atom. The van der Waals surface area contributed by atoms with Crippen molar-refractivity contribution in [2.24, 2.45) is 5.73 Å². The molecule has 1 fully saturated rings. The average molecular weight is 315 g/mol. The molecule has 0 saturated carbocycles. The zero-order valence-corrected chi connectivity index (χ0v) is 12.0. The summed E-state index contributed by atoms with van der Waals surface area (Å²) in [4.78, 5) is 60.2. The van der Waals surface area contributed by atoms with Crippen molar-refractivity contribution in [3.63, 3.8) is 0 Å². The Labute approximate surface area is 130 Å². The van der Waals surface area contributed by atoms with E-state index in [-0.39, 0.29) is 24.9 Å². The summed E-state index contributed by atoms with van der Waals surface area (Å²) in [6, 6.07) is 4.55. The van der Waals surface area contributed by atoms with E-state index in [9.17, 15) is 24.0 Å². The lowest BCUT2D eigenvalue weighted by molar-refractivity contribution is -0.149. The van der Waals surface area contributed by atoms with Gasteiger partial charge in [-0.15, -0.1) is 0 Å². The summed E-state index contributed by atoms with van der Waals surface area (Å²) in [7, 11) is 0. The summed E-state index contributed by atoms with van der Waals surface area (Å²) >= 11 is 0. The van der Waals surface area contributed by atoms with Crippen molar-refractivity contribution >= 4 is 29.9 Å². The highest BCUT2D eigenvalue weighted by Gasteiger charge is 2.56. The Balaban J connectivity index is 2.05. The van der Waals surface area contributed by atoms with Crippen molar-refractivity contribution in [2.45, 2.75) is 24.9 Å². The monoisotopic (exact) mass is 315 g/mol. The number of piperidine rings is 1. The van der Waals surface area contributed by atoms with E-state index in [1.807, 2.05) is 0 Å². The van der Waals surface area contributed by atoms with Crippen LogP contribution in [0.2, 0.25) is 0 Å². The number of carbonyl (C=O) groups is 5. The van der Waals surface area contributed by atoms with Gasteiger partial charge in [0.2, 0.25) is 11.4 Å². The molecule has 0 bridgehead atoms. The molecule has 1 atom stereocenters. The van der Waals surface area contributed by atoms with E-state index in [1.54, 1.807) is 12.1 Å². The fourth-order valence-electron chi connectivity index (χ4n) is 3.03. The summed E-state index contributed by atoms with van der Waals surface area (Å²) < 4.78 is 0. The van der Waals surface area contributed by atoms with E-state index < -0.39 is 29.2 Å². The minimum Gasteiger partial charge on any atom is -0.367 e. The fourth-order valence-corrected chi connectivity index (χ4v) is 3.03. The van der Waals surface area contributed by atoms with Crippen LogP contribution in [0.3, 0.4) is 0 Å². The molecule has 2 heterocycles. The Bertz CT molecular complexity index is 772. The zero-order chi connectivity index (χ0) is 16.8. The number of aldehydes is 1. The third-order valence-electron chi connectivity index (χ3n) is 4.28. The number of hydrogen-bond acceptors (Lipinski definition) is 5. The number of nitrogens with one attached hydrogen (secondary N) is 1. The average Bonchev–Trinajstić information content (AvgIpc) is 2.84. The standard InChI is InChI=1S/C15H13N3O5/c16-13(22)15(4-3-11(20)17-14(15)23)18-6-9-2-1-8(7-19)5-10(9)12(18)21/h1-2,5,7H,3-4,6H2,(H2,16,22)(H,17,20,23)/t15-/m0/s1. The van der Waals surface area contributed by atoms with E-state index in [1.165, 1.54) is 6.07 Å². The van der Waals surface area contributed by atoms with Crippen LogP contribution in [-0.4, -0.2) is 40.4 Å². The van der Waals surface area contributed by atoms with Gasteiger partial charge in [-0.25, -0.2) is 0 Å². The molecule has 118 valence electrons. The van der Waals surface area contributed by atoms with Crippen molar-refractivity contribution in [1.82, 2.24) is 10.2 Å². The Morgan fingerprint density at radius 1 is 1.30 bits per heavy atom. The first kappa shape index (κ1) is 14.9. The van der Waals surface area contributed by atoms with Gasteiger partial charge in [-0.1, -0.05) is 12.1 Å². The van der Waals surface area contributed by atoms with Crippen LogP contribution in [0.15, 0.2) is 18.2 Å². The summed E-state index contributed by atoms with van der Waals surface area (Å²) in [5.74, 6) is -2.96. The van der Waals surface area contributed by atoms with Gasteiger partial charge in [0.15, 0.2) is 0 Å². The van der Waals surface area contributed by atoms with Gasteiger partial charge in [-0.05, 0) is 18.1 Å². The quantitative estimate of drug-likeness (QED) is 0.425. The maximum Gasteiger partial charge on any atom is 0.262 e. The number of hydrogen-bond donors (Lipinski definition) is 2. The third-order valence-corrected chi connectivity index (χ3v) is 4.28. The molecule has 0 radical (unpaired) electrons. The van der Waals surface area contributed by atoms with Gasteiger partial charge in [0, 0.05) is 24.1 Å². The molecule has 1 aromatic rings. The van der Waals surface area contributed by atoms with E-state index >= 15 is 0 Å². The van der Waals surface area contributed by atoms with Crippen LogP contribution in [0, 0.1) is 0 Å². The van der Waals surface area contributed by atoms with Gasteiger partial charge < -0.3 is 10.6 Å². The summed E-state index contributed by atoms with van der Waals surface area (Å²) in [5, 5.41) is 2.07. The first-order valence-electron chi connectivity index (χ1n) is 6.94. The minimum atomic E-state index is -1.90. The molecule has 8 heteroatoms. The van der Waals surface area contributed by atoms with Crippen LogP contribution in [0.25, 0.3) is 0 Å². The number of primary amides is 1. The summed E-state index contributed by atoms with van der Waals surface area (Å²) in [5.41, 5.74) is 4.67. The molecular formula is C15H13N3O5. The van der Waals surface area contributed by atoms with Crippen LogP contribution in [-0.2, 0) is 20.9 Å². The van der Waals surface area contributed by atoms with Gasteiger partial charge in [0.1, 0.15) is 6.29 Å². The van der Waals surface area contributed by atoms with E-state index in [0.717, 1.165) is 4.90 Å². The molecule has 1 aromatic carbocycles. The van der Waals surface area contributed by atoms with Gasteiger partial charge in [0.05, 0.1) is 0 Å². The molecule has 0 spiro atoms. The SMILES string of the molecule is NC(=O)[C@@]1(N2Cc3ccc(C=O)cc3C2=O)CCC(=O)NC1=O. The second-order valence-corrected chi connectivity index (χ2v) is 5.53. The van der Waals surface area contributed by atoms with Crippen molar-refractivity contribution in [3.05, 3.63) is 34.9 Å². The fraction of sp³-hybridized carbons (Fsp3) is 0.267. The number of nitrogens with two attached hydrogens (primary N) is 1. The van der Waals surface area contributed by atoms with Crippen molar-refractivity contribution in [3.8, 4) is 0 Å². The van der Waals surface area contributed by atoms with Crippen LogP contribution in [0.1, 0.15) is 39.1 Å². The van der Waals surface area contributed by atoms with Crippen molar-refractivity contribution in [2.75, 3.05) is 0 Å². The first-order chi connectivity index (χ1) is 10.9. The van der Waals surface area contributed by atoms with Crippen LogP contribution in [0.4, 0.5) is 0 Å². The predicted octanol–water partition coefficient (Wildman–Crippen LogP) is -0.884. The van der Waals surface area contributed by atoms with Crippen LogP contribution < -0.4 is 11.1 Å². The molecule has 23 heavy (non-hydrogen) atoms. The summed E-state index contributed by atoms with van der Waals surface area (Å²) in [6.45, 7) is 0.0118. The molecular weight excluding hydrogens is 302 g/mol. The highest BCUT2D eigenvalue weighted by atomic mass is 16.2. The Kier molecular flexibility index (Phi) is 3.24. The molecule has 1 saturated heterocycles. The molecule has 4 amide bonds. The van der Waals surface area contributed by atoms with Gasteiger partial charge in [-0.2, -0.15) is 0 Å². The molecule has 8 nitrogen and oxygen atoms in total. The smallest absolute Gasteiger partial charge is 0.262 e. The van der Waals surface area contributed by atoms with E-state index in [4.69, 9.17) is 5.73 Å². The highest BCUT2D eigenvalue weighted by molar-refractivity contribution is 6.19. The maximum absolute atomic E-state index is 12.6. The Morgan fingerprint density at radius 2 is 2.04 bits per heavy atom. The molecule has 0 aliphatic carbocycles. The predicted molar refractivity (Wildman–Crippen MR) is 76.0 cm³/mol. The molecule has 3 N–H and O–H groups in total. The normalized spacial score (nSPS) is 23.5. The minimum absolute atomic E-state index is 0.0118. The molecule has 2 aliphatic heterocycles. The second-order valence-electron chi connectivity index (χ2n) is 5.53. The molecule has 0 unspecified atom stereocenters. The number of benzene rings is 1. The number of rotatable bonds is 3.